The number of ether oxygens (including phenoxy) is 1. The van der Waals surface area contributed by atoms with Gasteiger partial charge in [0.25, 0.3) is 0 Å². The molecule has 1 fully saturated rings. The van der Waals surface area contributed by atoms with E-state index in [9.17, 15) is 19.5 Å². The lowest BCUT2D eigenvalue weighted by Gasteiger charge is -2.55. The Hall–Kier alpha value is -3.89. The van der Waals surface area contributed by atoms with Crippen molar-refractivity contribution in [1.29, 1.82) is 0 Å². The maximum atomic E-state index is 12.7. The number of phenols is 1. The van der Waals surface area contributed by atoms with E-state index in [-0.39, 0.29) is 23.1 Å². The number of carbonyl (C=O) groups is 3. The molecular formula is C30H39N3O7. The standard InChI is InChI=1S/C26H35N3O3.C4H4O4/c1-16-12-17(2)24(31)23-21(16)14-25(4,5)26(23,28-18(3)30)29-11-10-27-15-22(29)19-8-7-9-20(13-19)32-6;5-3(6)1-2-4(7)8/h7-9,12-13,22,27,31H,10-11,14-15H2,1-6H3,(H,28,30);1-2H,(H,5,6)(H,7,8). The van der Waals surface area contributed by atoms with Crippen LogP contribution in [0.15, 0.2) is 42.5 Å². The van der Waals surface area contributed by atoms with Crippen molar-refractivity contribution in [3.05, 3.63) is 70.3 Å². The van der Waals surface area contributed by atoms with Crippen LogP contribution >= 0.6 is 0 Å². The number of benzene rings is 2. The van der Waals surface area contributed by atoms with Crippen molar-refractivity contribution in [3.63, 3.8) is 0 Å². The van der Waals surface area contributed by atoms with Gasteiger partial charge in [0.1, 0.15) is 17.2 Å². The first-order chi connectivity index (χ1) is 18.7. The number of methoxy groups -OCH3 is 1. The van der Waals surface area contributed by atoms with Crippen LogP contribution in [0.2, 0.25) is 0 Å². The molecule has 10 heteroatoms. The number of aryl methyl sites for hydroxylation is 2. The molecule has 0 aromatic heterocycles. The Morgan fingerprint density at radius 2 is 1.75 bits per heavy atom. The third kappa shape index (κ3) is 5.97. The third-order valence-electron chi connectivity index (χ3n) is 7.66. The molecule has 0 radical (unpaired) electrons. The maximum Gasteiger partial charge on any atom is 0.328 e. The van der Waals surface area contributed by atoms with Gasteiger partial charge in [-0.25, -0.2) is 9.59 Å². The van der Waals surface area contributed by atoms with Crippen molar-refractivity contribution in [2.75, 3.05) is 26.7 Å². The number of hydrogen-bond acceptors (Lipinski definition) is 7. The third-order valence-corrected chi connectivity index (χ3v) is 7.66. The normalized spacial score (nSPS) is 21.7. The number of aromatic hydroxyl groups is 1. The molecule has 1 aliphatic heterocycles. The number of hydrogen-bond donors (Lipinski definition) is 5. The number of carboxylic acid groups (broad SMARTS) is 2. The summed E-state index contributed by atoms with van der Waals surface area (Å²) in [6.07, 6.45) is 1.89. The van der Waals surface area contributed by atoms with Crippen LogP contribution in [0, 0.1) is 19.3 Å². The average Bonchev–Trinajstić information content (AvgIpc) is 3.13. The molecule has 1 heterocycles. The highest BCUT2D eigenvalue weighted by Gasteiger charge is 2.60. The number of nitrogens with one attached hydrogen (secondary N) is 2. The minimum atomic E-state index is -1.26. The van der Waals surface area contributed by atoms with E-state index in [2.05, 4.69) is 48.4 Å². The number of carboxylic acids is 2. The highest BCUT2D eigenvalue weighted by molar-refractivity contribution is 5.89. The Labute approximate surface area is 234 Å². The molecule has 2 atom stereocenters. The molecule has 1 aliphatic carbocycles. The smallest absolute Gasteiger partial charge is 0.328 e. The van der Waals surface area contributed by atoms with Gasteiger partial charge in [0.15, 0.2) is 0 Å². The van der Waals surface area contributed by atoms with Crippen LogP contribution in [0.4, 0.5) is 0 Å². The van der Waals surface area contributed by atoms with E-state index in [0.29, 0.717) is 12.2 Å². The Morgan fingerprint density at radius 1 is 1.10 bits per heavy atom. The van der Waals surface area contributed by atoms with Crippen molar-refractivity contribution >= 4 is 17.8 Å². The van der Waals surface area contributed by atoms with Crippen LogP contribution in [0.3, 0.4) is 0 Å². The first kappa shape index (κ1) is 30.6. The van der Waals surface area contributed by atoms with Gasteiger partial charge in [0, 0.05) is 55.7 Å². The number of amides is 1. The lowest BCUT2D eigenvalue weighted by Crippen LogP contribution is -2.67. The lowest BCUT2D eigenvalue weighted by atomic mass is 9.75. The zero-order chi connectivity index (χ0) is 29.8. The molecule has 10 nitrogen and oxygen atoms in total. The number of phenolic OH excluding ortho intramolecular Hbond substituents is 1. The van der Waals surface area contributed by atoms with Crippen LogP contribution < -0.4 is 15.4 Å². The number of rotatable bonds is 6. The molecule has 2 aliphatic rings. The molecule has 1 saturated heterocycles. The highest BCUT2D eigenvalue weighted by Crippen LogP contribution is 2.58. The predicted octanol–water partition coefficient (Wildman–Crippen LogP) is 3.25. The predicted molar refractivity (Wildman–Crippen MR) is 150 cm³/mol. The van der Waals surface area contributed by atoms with Gasteiger partial charge in [0.05, 0.1) is 7.11 Å². The molecule has 216 valence electrons. The summed E-state index contributed by atoms with van der Waals surface area (Å²) in [5.41, 5.74) is 3.91. The largest absolute Gasteiger partial charge is 0.507 e. The van der Waals surface area contributed by atoms with Gasteiger partial charge in [-0.05, 0) is 54.7 Å². The van der Waals surface area contributed by atoms with Crippen LogP contribution in [-0.2, 0) is 26.5 Å². The van der Waals surface area contributed by atoms with E-state index in [1.807, 2.05) is 25.1 Å². The van der Waals surface area contributed by atoms with Crippen LogP contribution in [0.5, 0.6) is 11.5 Å². The van der Waals surface area contributed by atoms with Crippen LogP contribution in [0.25, 0.3) is 0 Å². The molecule has 0 bridgehead atoms. The summed E-state index contributed by atoms with van der Waals surface area (Å²) < 4.78 is 5.50. The summed E-state index contributed by atoms with van der Waals surface area (Å²) in [4.78, 5) is 34.2. The summed E-state index contributed by atoms with van der Waals surface area (Å²) in [6.45, 7) is 12.3. The molecule has 2 aromatic rings. The molecule has 4 rings (SSSR count). The van der Waals surface area contributed by atoms with Gasteiger partial charge in [0.2, 0.25) is 5.91 Å². The van der Waals surface area contributed by atoms with Gasteiger partial charge in [-0.15, -0.1) is 0 Å². The lowest BCUT2D eigenvalue weighted by molar-refractivity contribution is -0.134. The minimum absolute atomic E-state index is 0.00357. The molecule has 40 heavy (non-hydrogen) atoms. The monoisotopic (exact) mass is 553 g/mol. The van der Waals surface area contributed by atoms with E-state index in [1.165, 1.54) is 0 Å². The molecule has 2 unspecified atom stereocenters. The van der Waals surface area contributed by atoms with Crippen molar-refractivity contribution in [2.24, 2.45) is 5.41 Å². The topological polar surface area (TPSA) is 148 Å². The summed E-state index contributed by atoms with van der Waals surface area (Å²) in [5, 5.41) is 33.9. The zero-order valence-electron chi connectivity index (χ0n) is 23.9. The van der Waals surface area contributed by atoms with Crippen molar-refractivity contribution < 1.29 is 34.4 Å². The summed E-state index contributed by atoms with van der Waals surface area (Å²) >= 11 is 0. The molecule has 0 saturated carbocycles. The molecule has 2 aromatic carbocycles. The first-order valence-corrected chi connectivity index (χ1v) is 13.1. The quantitative estimate of drug-likeness (QED) is 0.340. The van der Waals surface area contributed by atoms with E-state index < -0.39 is 17.6 Å². The van der Waals surface area contributed by atoms with E-state index in [4.69, 9.17) is 14.9 Å². The van der Waals surface area contributed by atoms with Gasteiger partial charge in [-0.1, -0.05) is 32.0 Å². The second kappa shape index (κ2) is 12.1. The van der Waals surface area contributed by atoms with Crippen molar-refractivity contribution in [1.82, 2.24) is 15.5 Å². The average molecular weight is 554 g/mol. The summed E-state index contributed by atoms with van der Waals surface area (Å²) in [6, 6.07) is 10.2. The van der Waals surface area contributed by atoms with E-state index in [0.717, 1.165) is 59.6 Å². The summed E-state index contributed by atoms with van der Waals surface area (Å²) in [7, 11) is 1.68. The fraction of sp³-hybridized carbons (Fsp3) is 0.433. The number of fused-ring (bicyclic) bond motifs is 1. The second-order valence-electron chi connectivity index (χ2n) is 10.9. The highest BCUT2D eigenvalue weighted by atomic mass is 16.5. The molecule has 5 N–H and O–H groups in total. The fourth-order valence-electron chi connectivity index (χ4n) is 6.03. The fourth-order valence-corrected chi connectivity index (χ4v) is 6.03. The Balaban J connectivity index is 0.000000482. The second-order valence-corrected chi connectivity index (χ2v) is 10.9. The first-order valence-electron chi connectivity index (χ1n) is 13.1. The minimum Gasteiger partial charge on any atom is -0.507 e. The SMILES string of the molecule is COc1cccc(C2CNCCN2C2(NC(C)=O)c3c(O)c(C)cc(C)c3CC2(C)C)c1.O=C(O)C=CC(=O)O. The Kier molecular flexibility index (Phi) is 9.27. The van der Waals surface area contributed by atoms with E-state index >= 15 is 0 Å². The van der Waals surface area contributed by atoms with Gasteiger partial charge in [-0.2, -0.15) is 0 Å². The zero-order valence-corrected chi connectivity index (χ0v) is 23.9. The Bertz CT molecular complexity index is 1300. The number of aliphatic carboxylic acids is 2. The van der Waals surface area contributed by atoms with Crippen molar-refractivity contribution in [3.8, 4) is 11.5 Å². The molecular weight excluding hydrogens is 514 g/mol. The number of carbonyl (C=O) groups excluding carboxylic acids is 1. The summed E-state index contributed by atoms with van der Waals surface area (Å²) in [5.74, 6) is -1.53. The van der Waals surface area contributed by atoms with Crippen molar-refractivity contribution in [2.45, 2.75) is 52.7 Å². The van der Waals surface area contributed by atoms with Crippen LogP contribution in [0.1, 0.15) is 54.6 Å². The number of piperazine rings is 1. The molecule has 0 spiro atoms. The van der Waals surface area contributed by atoms with Gasteiger partial charge < -0.3 is 30.7 Å². The van der Waals surface area contributed by atoms with E-state index in [1.54, 1.807) is 14.0 Å². The molecule has 1 amide bonds. The van der Waals surface area contributed by atoms with Crippen LogP contribution in [-0.4, -0.2) is 64.8 Å². The van der Waals surface area contributed by atoms with Gasteiger partial charge in [-0.3, -0.25) is 9.69 Å². The van der Waals surface area contributed by atoms with Gasteiger partial charge >= 0.3 is 11.9 Å². The Morgan fingerprint density at radius 3 is 2.33 bits per heavy atom. The number of nitrogens with zero attached hydrogens (tertiary/aromatic N) is 1. The maximum absolute atomic E-state index is 12.7.